The molecule has 4 aromatic rings. The summed E-state index contributed by atoms with van der Waals surface area (Å²) in [5.41, 5.74) is 6.15. The van der Waals surface area contributed by atoms with Crippen LogP contribution in [-0.2, 0) is 0 Å². The van der Waals surface area contributed by atoms with Crippen molar-refractivity contribution in [2.45, 2.75) is 6.92 Å². The molecule has 0 saturated heterocycles. The molecule has 4 rings (SSSR count). The van der Waals surface area contributed by atoms with E-state index < -0.39 is 0 Å². The smallest absolute Gasteiger partial charge is 0.273 e. The van der Waals surface area contributed by atoms with Gasteiger partial charge in [-0.3, -0.25) is 9.78 Å². The molecule has 0 bridgehead atoms. The third-order valence-electron chi connectivity index (χ3n) is 5.46. The van der Waals surface area contributed by atoms with Crippen molar-refractivity contribution < 1.29 is 19.0 Å². The van der Waals surface area contributed by atoms with Crippen molar-refractivity contribution in [3.05, 3.63) is 83.6 Å². The number of nitrogens with one attached hydrogen (secondary N) is 1. The van der Waals surface area contributed by atoms with Gasteiger partial charge in [-0.25, -0.2) is 5.43 Å². The van der Waals surface area contributed by atoms with Crippen molar-refractivity contribution in [3.63, 3.8) is 0 Å². The lowest BCUT2D eigenvalue weighted by atomic mass is 10.0. The fourth-order valence-corrected chi connectivity index (χ4v) is 3.63. The van der Waals surface area contributed by atoms with E-state index in [2.05, 4.69) is 21.6 Å². The van der Waals surface area contributed by atoms with E-state index in [1.54, 1.807) is 45.7 Å². The molecule has 0 aliphatic heterocycles. The first kappa shape index (κ1) is 22.8. The Hall–Kier alpha value is -4.39. The number of benzene rings is 3. The van der Waals surface area contributed by atoms with E-state index in [4.69, 9.17) is 14.2 Å². The number of nitrogens with zero attached hydrogens (tertiary/aromatic N) is 2. The van der Waals surface area contributed by atoms with Gasteiger partial charge in [-0.2, -0.15) is 5.10 Å². The quantitative estimate of drug-likeness (QED) is 0.313. The standard InChI is InChI=1S/C27H25N3O4/c1-17-23(27(31)30-28-16-18-5-12-25(33-3)26(13-18)34-4)10-11-24(29-17)21-7-6-20-15-22(32-2)9-8-19(20)14-21/h5-16H,1-4H3,(H,30,31)/b28-16+. The maximum Gasteiger partial charge on any atom is 0.273 e. The van der Waals surface area contributed by atoms with Crippen LogP contribution < -0.4 is 19.6 Å². The van der Waals surface area contributed by atoms with E-state index in [0.29, 0.717) is 22.8 Å². The van der Waals surface area contributed by atoms with Gasteiger partial charge >= 0.3 is 0 Å². The van der Waals surface area contributed by atoms with Gasteiger partial charge in [0.2, 0.25) is 0 Å². The predicted molar refractivity (Wildman–Crippen MR) is 133 cm³/mol. The Bertz CT molecular complexity index is 1380. The van der Waals surface area contributed by atoms with Crippen LogP contribution in [-0.4, -0.2) is 38.4 Å². The number of rotatable bonds is 7. The van der Waals surface area contributed by atoms with Gasteiger partial charge in [0.05, 0.1) is 44.5 Å². The van der Waals surface area contributed by atoms with Crippen molar-refractivity contribution >= 4 is 22.9 Å². The largest absolute Gasteiger partial charge is 0.497 e. The first-order chi connectivity index (χ1) is 16.5. The Morgan fingerprint density at radius 3 is 2.35 bits per heavy atom. The minimum absolute atomic E-state index is 0.334. The highest BCUT2D eigenvalue weighted by atomic mass is 16.5. The second kappa shape index (κ2) is 10.0. The second-order valence-corrected chi connectivity index (χ2v) is 7.57. The molecule has 1 N–H and O–H groups in total. The minimum Gasteiger partial charge on any atom is -0.497 e. The molecule has 0 saturated carbocycles. The Morgan fingerprint density at radius 2 is 1.62 bits per heavy atom. The van der Waals surface area contributed by atoms with Crippen LogP contribution in [0.5, 0.6) is 17.2 Å². The van der Waals surface area contributed by atoms with Gasteiger partial charge in [0.15, 0.2) is 11.5 Å². The molecular formula is C27H25N3O4. The number of amides is 1. The van der Waals surface area contributed by atoms with Crippen LogP contribution in [0, 0.1) is 6.92 Å². The van der Waals surface area contributed by atoms with Gasteiger partial charge in [-0.05, 0) is 71.8 Å². The molecule has 34 heavy (non-hydrogen) atoms. The fraction of sp³-hybridized carbons (Fsp3) is 0.148. The van der Waals surface area contributed by atoms with Gasteiger partial charge in [0.25, 0.3) is 5.91 Å². The fourth-order valence-electron chi connectivity index (χ4n) is 3.63. The monoisotopic (exact) mass is 455 g/mol. The number of pyridine rings is 1. The Labute approximate surface area is 198 Å². The third-order valence-corrected chi connectivity index (χ3v) is 5.46. The van der Waals surface area contributed by atoms with Crippen LogP contribution in [0.15, 0.2) is 71.8 Å². The Kier molecular flexibility index (Phi) is 6.73. The van der Waals surface area contributed by atoms with Crippen LogP contribution in [0.2, 0.25) is 0 Å². The summed E-state index contributed by atoms with van der Waals surface area (Å²) < 4.78 is 15.8. The maximum absolute atomic E-state index is 12.6. The summed E-state index contributed by atoms with van der Waals surface area (Å²) in [6.07, 6.45) is 1.54. The van der Waals surface area contributed by atoms with E-state index in [-0.39, 0.29) is 5.91 Å². The maximum atomic E-state index is 12.6. The first-order valence-corrected chi connectivity index (χ1v) is 10.6. The molecule has 0 aliphatic carbocycles. The molecule has 172 valence electrons. The SMILES string of the molecule is COc1ccc2cc(-c3ccc(C(=O)N/N=C/c4ccc(OC)c(OC)c4)c(C)n3)ccc2c1. The summed E-state index contributed by atoms with van der Waals surface area (Å²) in [4.78, 5) is 17.3. The molecule has 0 fully saturated rings. The molecule has 0 unspecified atom stereocenters. The Morgan fingerprint density at radius 1 is 0.853 bits per heavy atom. The Balaban J connectivity index is 1.49. The summed E-state index contributed by atoms with van der Waals surface area (Å²) in [6.45, 7) is 1.81. The lowest BCUT2D eigenvalue weighted by Gasteiger charge is -2.09. The predicted octanol–water partition coefficient (Wildman–Crippen LogP) is 5.00. The highest BCUT2D eigenvalue weighted by Crippen LogP contribution is 2.28. The summed E-state index contributed by atoms with van der Waals surface area (Å²) in [7, 11) is 4.79. The van der Waals surface area contributed by atoms with E-state index in [9.17, 15) is 4.79 Å². The first-order valence-electron chi connectivity index (χ1n) is 10.6. The highest BCUT2D eigenvalue weighted by molar-refractivity contribution is 5.96. The molecule has 1 aromatic heterocycles. The van der Waals surface area contributed by atoms with Gasteiger partial charge in [-0.15, -0.1) is 0 Å². The van der Waals surface area contributed by atoms with Gasteiger partial charge in [0.1, 0.15) is 5.75 Å². The lowest BCUT2D eigenvalue weighted by molar-refractivity contribution is 0.0954. The molecule has 1 amide bonds. The lowest BCUT2D eigenvalue weighted by Crippen LogP contribution is -2.19. The van der Waals surface area contributed by atoms with Crippen LogP contribution in [0.4, 0.5) is 0 Å². The number of carbonyl (C=O) groups excluding carboxylic acids is 1. The van der Waals surface area contributed by atoms with E-state index in [1.807, 2.05) is 49.4 Å². The minimum atomic E-state index is -0.334. The third kappa shape index (κ3) is 4.83. The zero-order valence-electron chi connectivity index (χ0n) is 19.5. The summed E-state index contributed by atoms with van der Waals surface area (Å²) >= 11 is 0. The molecule has 0 aliphatic rings. The molecule has 0 atom stereocenters. The average molecular weight is 456 g/mol. The zero-order chi connectivity index (χ0) is 24.1. The molecule has 3 aromatic carbocycles. The summed E-state index contributed by atoms with van der Waals surface area (Å²) in [5.74, 6) is 1.69. The number of hydrogen-bond donors (Lipinski definition) is 1. The van der Waals surface area contributed by atoms with Crippen LogP contribution >= 0.6 is 0 Å². The van der Waals surface area contributed by atoms with Crippen LogP contribution in [0.1, 0.15) is 21.6 Å². The zero-order valence-corrected chi connectivity index (χ0v) is 19.5. The number of aromatic nitrogens is 1. The number of ether oxygens (including phenoxy) is 3. The normalized spacial score (nSPS) is 10.9. The number of aryl methyl sites for hydroxylation is 1. The van der Waals surface area contributed by atoms with Crippen molar-refractivity contribution in [2.24, 2.45) is 5.10 Å². The van der Waals surface area contributed by atoms with E-state index in [1.165, 1.54) is 0 Å². The number of hydrazone groups is 1. The molecular weight excluding hydrogens is 430 g/mol. The number of carbonyl (C=O) groups is 1. The molecule has 7 heteroatoms. The van der Waals surface area contributed by atoms with Gasteiger partial charge in [0, 0.05) is 5.56 Å². The van der Waals surface area contributed by atoms with Crippen molar-refractivity contribution in [3.8, 4) is 28.5 Å². The topological polar surface area (TPSA) is 82.0 Å². The molecule has 0 spiro atoms. The molecule has 0 radical (unpaired) electrons. The second-order valence-electron chi connectivity index (χ2n) is 7.57. The van der Waals surface area contributed by atoms with Crippen molar-refractivity contribution in [1.29, 1.82) is 0 Å². The van der Waals surface area contributed by atoms with Gasteiger partial charge in [-0.1, -0.05) is 18.2 Å². The summed E-state index contributed by atoms with van der Waals surface area (Å²) in [6, 6.07) is 21.0. The summed E-state index contributed by atoms with van der Waals surface area (Å²) in [5, 5.41) is 6.23. The average Bonchev–Trinajstić information content (AvgIpc) is 2.87. The number of fused-ring (bicyclic) bond motifs is 1. The van der Waals surface area contributed by atoms with Crippen molar-refractivity contribution in [1.82, 2.24) is 10.4 Å². The van der Waals surface area contributed by atoms with Gasteiger partial charge < -0.3 is 14.2 Å². The molecule has 1 heterocycles. The van der Waals surface area contributed by atoms with Crippen molar-refractivity contribution in [2.75, 3.05) is 21.3 Å². The molecule has 7 nitrogen and oxygen atoms in total. The van der Waals surface area contributed by atoms with E-state index >= 15 is 0 Å². The number of hydrogen-bond acceptors (Lipinski definition) is 6. The van der Waals surface area contributed by atoms with Crippen LogP contribution in [0.25, 0.3) is 22.0 Å². The highest BCUT2D eigenvalue weighted by Gasteiger charge is 2.11. The van der Waals surface area contributed by atoms with E-state index in [0.717, 1.165) is 33.3 Å². The van der Waals surface area contributed by atoms with Crippen LogP contribution in [0.3, 0.4) is 0 Å². The number of methoxy groups -OCH3 is 3.